The quantitative estimate of drug-likeness (QED) is 0.630. The zero-order chi connectivity index (χ0) is 11.2. The summed E-state index contributed by atoms with van der Waals surface area (Å²) in [5.74, 6) is 0.975. The fourth-order valence-corrected chi connectivity index (χ4v) is 2.81. The Balaban J connectivity index is 1.89. The molecular weight excluding hydrogens is 216 g/mol. The first-order chi connectivity index (χ1) is 7.86. The Labute approximate surface area is 102 Å². The molecule has 1 aromatic rings. The lowest BCUT2D eigenvalue weighted by Gasteiger charge is -2.14. The molecule has 1 aliphatic rings. The van der Waals surface area contributed by atoms with Crippen LogP contribution in [0.3, 0.4) is 0 Å². The van der Waals surface area contributed by atoms with Gasteiger partial charge in [0, 0.05) is 5.75 Å². The van der Waals surface area contributed by atoms with E-state index in [0.29, 0.717) is 0 Å². The van der Waals surface area contributed by atoms with Crippen molar-refractivity contribution in [2.24, 2.45) is 5.73 Å². The minimum Gasteiger partial charge on any atom is -0.281 e. The number of thioether (sulfide) groups is 1. The van der Waals surface area contributed by atoms with Gasteiger partial charge in [0.2, 0.25) is 0 Å². The van der Waals surface area contributed by atoms with Crippen molar-refractivity contribution in [3.05, 3.63) is 35.9 Å². The van der Waals surface area contributed by atoms with Gasteiger partial charge in [-0.15, -0.1) is 0 Å². The van der Waals surface area contributed by atoms with Crippen LogP contribution in [0.1, 0.15) is 24.8 Å². The number of nitrogens with two attached hydrogens (primary N) is 1. The summed E-state index contributed by atoms with van der Waals surface area (Å²) < 4.78 is 2.32. The predicted molar refractivity (Wildman–Crippen MR) is 70.8 cm³/mol. The number of benzene rings is 1. The van der Waals surface area contributed by atoms with Crippen LogP contribution < -0.4 is 5.73 Å². The Morgan fingerprint density at radius 2 is 1.81 bits per heavy atom. The van der Waals surface area contributed by atoms with E-state index >= 15 is 0 Å². The molecule has 0 spiro atoms. The normalized spacial score (nSPS) is 16.1. The Morgan fingerprint density at radius 1 is 1.12 bits per heavy atom. The van der Waals surface area contributed by atoms with Gasteiger partial charge in [-0.05, 0) is 36.6 Å². The van der Waals surface area contributed by atoms with Crippen LogP contribution in [0.15, 0.2) is 30.3 Å². The molecule has 86 valence electrons. The number of hydrogen-bond donors (Lipinski definition) is 1. The van der Waals surface area contributed by atoms with Crippen molar-refractivity contribution in [1.82, 2.24) is 0 Å². The van der Waals surface area contributed by atoms with Gasteiger partial charge in [-0.25, -0.2) is 0 Å². The zero-order valence-corrected chi connectivity index (χ0v) is 10.4. The van der Waals surface area contributed by atoms with E-state index in [9.17, 15) is 0 Å². The SMILES string of the molecule is NC(SCc1ccccc1)=[N+]1CCCCC1. The molecule has 16 heavy (non-hydrogen) atoms. The molecule has 0 aliphatic carbocycles. The van der Waals surface area contributed by atoms with E-state index in [0.717, 1.165) is 24.0 Å². The topological polar surface area (TPSA) is 29.0 Å². The molecule has 0 unspecified atom stereocenters. The molecule has 0 amide bonds. The van der Waals surface area contributed by atoms with E-state index in [1.165, 1.54) is 24.8 Å². The highest BCUT2D eigenvalue weighted by Gasteiger charge is 2.13. The highest BCUT2D eigenvalue weighted by atomic mass is 32.2. The number of nitrogens with zero attached hydrogens (tertiary/aromatic N) is 1. The molecule has 2 rings (SSSR count). The fourth-order valence-electron chi connectivity index (χ4n) is 1.94. The maximum absolute atomic E-state index is 6.10. The lowest BCUT2D eigenvalue weighted by atomic mass is 10.2. The third-order valence-electron chi connectivity index (χ3n) is 2.90. The zero-order valence-electron chi connectivity index (χ0n) is 9.56. The maximum atomic E-state index is 6.10. The molecule has 0 radical (unpaired) electrons. The maximum Gasteiger partial charge on any atom is 0.304 e. The predicted octanol–water partition coefficient (Wildman–Crippen LogP) is 2.43. The van der Waals surface area contributed by atoms with Crippen molar-refractivity contribution in [3.63, 3.8) is 0 Å². The first kappa shape index (κ1) is 11.5. The highest BCUT2D eigenvalue weighted by Crippen LogP contribution is 2.13. The standard InChI is InChI=1S/C13H18N2S/c14-13(15-9-5-2-6-10-15)16-11-12-7-3-1-4-8-12/h1,3-4,7-8,14H,2,5-6,9-11H2/p+1. The molecule has 1 aromatic carbocycles. The number of amidine groups is 1. The van der Waals surface area contributed by atoms with Crippen molar-refractivity contribution < 1.29 is 4.58 Å². The van der Waals surface area contributed by atoms with Gasteiger partial charge in [0.1, 0.15) is 0 Å². The van der Waals surface area contributed by atoms with Crippen LogP contribution in [0.4, 0.5) is 0 Å². The third-order valence-corrected chi connectivity index (χ3v) is 3.93. The Kier molecular flexibility index (Phi) is 4.28. The van der Waals surface area contributed by atoms with Gasteiger partial charge >= 0.3 is 5.17 Å². The van der Waals surface area contributed by atoms with Crippen molar-refractivity contribution in [2.75, 3.05) is 13.1 Å². The lowest BCUT2D eigenvalue weighted by molar-refractivity contribution is -0.535. The van der Waals surface area contributed by atoms with Gasteiger partial charge in [-0.2, -0.15) is 0 Å². The van der Waals surface area contributed by atoms with Crippen LogP contribution in [-0.4, -0.2) is 22.8 Å². The summed E-state index contributed by atoms with van der Waals surface area (Å²) in [5.41, 5.74) is 7.44. The van der Waals surface area contributed by atoms with E-state index in [1.807, 2.05) is 6.07 Å². The van der Waals surface area contributed by atoms with E-state index in [4.69, 9.17) is 5.73 Å². The van der Waals surface area contributed by atoms with Gasteiger partial charge in [-0.1, -0.05) is 30.3 Å². The molecule has 2 nitrogen and oxygen atoms in total. The monoisotopic (exact) mass is 235 g/mol. The van der Waals surface area contributed by atoms with Crippen LogP contribution >= 0.6 is 11.8 Å². The molecule has 0 saturated carbocycles. The van der Waals surface area contributed by atoms with Crippen molar-refractivity contribution >= 4 is 16.9 Å². The molecule has 2 N–H and O–H groups in total. The third kappa shape index (κ3) is 3.27. The van der Waals surface area contributed by atoms with Crippen LogP contribution in [0, 0.1) is 0 Å². The molecule has 1 saturated heterocycles. The summed E-state index contributed by atoms with van der Waals surface area (Å²) in [6.45, 7) is 2.27. The summed E-state index contributed by atoms with van der Waals surface area (Å²) in [4.78, 5) is 0. The lowest BCUT2D eigenvalue weighted by Crippen LogP contribution is -2.30. The van der Waals surface area contributed by atoms with Crippen molar-refractivity contribution in [1.29, 1.82) is 0 Å². The number of piperidine rings is 1. The van der Waals surface area contributed by atoms with E-state index in [1.54, 1.807) is 11.8 Å². The van der Waals surface area contributed by atoms with Gasteiger partial charge in [0.25, 0.3) is 0 Å². The second kappa shape index (κ2) is 5.94. The second-order valence-electron chi connectivity index (χ2n) is 4.16. The van der Waals surface area contributed by atoms with Crippen LogP contribution in [0.5, 0.6) is 0 Å². The smallest absolute Gasteiger partial charge is 0.281 e. The van der Waals surface area contributed by atoms with Gasteiger partial charge < -0.3 is 0 Å². The van der Waals surface area contributed by atoms with E-state index in [2.05, 4.69) is 28.8 Å². The molecule has 3 heteroatoms. The van der Waals surface area contributed by atoms with Crippen LogP contribution in [-0.2, 0) is 5.75 Å². The second-order valence-corrected chi connectivity index (χ2v) is 5.16. The van der Waals surface area contributed by atoms with E-state index < -0.39 is 0 Å². The molecule has 1 aliphatic heterocycles. The molecular formula is C13H19N2S+. The van der Waals surface area contributed by atoms with E-state index in [-0.39, 0.29) is 0 Å². The number of rotatable bonds is 2. The fraction of sp³-hybridized carbons (Fsp3) is 0.462. The summed E-state index contributed by atoms with van der Waals surface area (Å²) in [5, 5.41) is 0.989. The minimum absolute atomic E-state index is 0.975. The Morgan fingerprint density at radius 3 is 2.50 bits per heavy atom. The molecule has 0 atom stereocenters. The Bertz CT molecular complexity index is 351. The van der Waals surface area contributed by atoms with Gasteiger partial charge in [0.15, 0.2) is 0 Å². The minimum atomic E-state index is 0.975. The average molecular weight is 235 g/mol. The summed E-state index contributed by atoms with van der Waals surface area (Å²) in [7, 11) is 0. The highest BCUT2D eigenvalue weighted by molar-refractivity contribution is 8.12. The molecule has 1 fully saturated rings. The summed E-state index contributed by atoms with van der Waals surface area (Å²) >= 11 is 1.76. The molecule has 0 aromatic heterocycles. The first-order valence-corrected chi connectivity index (χ1v) is 6.89. The van der Waals surface area contributed by atoms with Crippen LogP contribution in [0.2, 0.25) is 0 Å². The van der Waals surface area contributed by atoms with Crippen molar-refractivity contribution in [3.8, 4) is 0 Å². The first-order valence-electron chi connectivity index (χ1n) is 5.90. The van der Waals surface area contributed by atoms with Gasteiger partial charge in [0.05, 0.1) is 13.1 Å². The summed E-state index contributed by atoms with van der Waals surface area (Å²) in [6, 6.07) is 10.5. The molecule has 0 bridgehead atoms. The van der Waals surface area contributed by atoms with Crippen LogP contribution in [0.25, 0.3) is 0 Å². The Hall–Kier alpha value is -0.960. The molecule has 1 heterocycles. The largest absolute Gasteiger partial charge is 0.304 e. The van der Waals surface area contributed by atoms with Crippen molar-refractivity contribution in [2.45, 2.75) is 25.0 Å². The number of hydrogen-bond acceptors (Lipinski definition) is 1. The summed E-state index contributed by atoms with van der Waals surface area (Å²) in [6.07, 6.45) is 3.92. The van der Waals surface area contributed by atoms with Gasteiger partial charge in [-0.3, -0.25) is 10.3 Å². The average Bonchev–Trinajstić information content (AvgIpc) is 2.38.